The van der Waals surface area contributed by atoms with E-state index >= 15 is 0 Å². The maximum absolute atomic E-state index is 11.3. The monoisotopic (exact) mass is 237 g/mol. The van der Waals surface area contributed by atoms with E-state index in [4.69, 9.17) is 9.84 Å². The zero-order valence-electron chi connectivity index (χ0n) is 9.63. The number of amides is 1. The molecule has 5 heteroatoms. The highest BCUT2D eigenvalue weighted by atomic mass is 16.5. The number of benzene rings is 1. The standard InChI is InChI=1S/C12H15NO4/c1-13(12(15)16)8-7-11(14)17-9-10-5-3-2-4-6-10/h2-6H,7-9H2,1H3,(H,15,16). The Bertz CT molecular complexity index is 377. The lowest BCUT2D eigenvalue weighted by Gasteiger charge is -2.11. The number of rotatable bonds is 5. The van der Waals surface area contributed by atoms with Gasteiger partial charge in [0, 0.05) is 13.6 Å². The predicted molar refractivity (Wildman–Crippen MR) is 61.5 cm³/mol. The van der Waals surface area contributed by atoms with Gasteiger partial charge in [0.05, 0.1) is 6.42 Å². The minimum atomic E-state index is -1.05. The lowest BCUT2D eigenvalue weighted by atomic mass is 10.2. The van der Waals surface area contributed by atoms with Crippen LogP contribution in [-0.4, -0.2) is 35.7 Å². The first kappa shape index (κ1) is 13.0. The van der Waals surface area contributed by atoms with Crippen LogP contribution in [0.2, 0.25) is 0 Å². The highest BCUT2D eigenvalue weighted by Gasteiger charge is 2.09. The SMILES string of the molecule is CN(CCC(=O)OCc1ccccc1)C(=O)O. The first-order chi connectivity index (χ1) is 8.09. The highest BCUT2D eigenvalue weighted by Crippen LogP contribution is 2.02. The molecule has 1 rings (SSSR count). The van der Waals surface area contributed by atoms with Gasteiger partial charge in [-0.2, -0.15) is 0 Å². The van der Waals surface area contributed by atoms with Crippen LogP contribution in [0.3, 0.4) is 0 Å². The molecule has 0 aliphatic heterocycles. The summed E-state index contributed by atoms with van der Waals surface area (Å²) in [6, 6.07) is 9.32. The second kappa shape index (κ2) is 6.52. The molecule has 0 aromatic heterocycles. The summed E-state index contributed by atoms with van der Waals surface area (Å²) in [6.07, 6.45) is -0.990. The van der Waals surface area contributed by atoms with Crippen molar-refractivity contribution in [1.82, 2.24) is 4.90 Å². The lowest BCUT2D eigenvalue weighted by Crippen LogP contribution is -2.27. The van der Waals surface area contributed by atoms with E-state index in [0.29, 0.717) is 0 Å². The minimum Gasteiger partial charge on any atom is -0.465 e. The quantitative estimate of drug-likeness (QED) is 0.792. The summed E-state index contributed by atoms with van der Waals surface area (Å²) >= 11 is 0. The van der Waals surface area contributed by atoms with Crippen molar-refractivity contribution in [2.75, 3.05) is 13.6 Å². The lowest BCUT2D eigenvalue weighted by molar-refractivity contribution is -0.145. The Kier molecular flexibility index (Phi) is 5.00. The van der Waals surface area contributed by atoms with Gasteiger partial charge in [-0.3, -0.25) is 4.79 Å². The van der Waals surface area contributed by atoms with Crippen LogP contribution in [0, 0.1) is 0 Å². The van der Waals surface area contributed by atoms with Crippen LogP contribution in [0.1, 0.15) is 12.0 Å². The van der Waals surface area contributed by atoms with Gasteiger partial charge in [-0.25, -0.2) is 4.79 Å². The third-order valence-electron chi connectivity index (χ3n) is 2.22. The summed E-state index contributed by atoms with van der Waals surface area (Å²) in [7, 11) is 1.41. The maximum Gasteiger partial charge on any atom is 0.407 e. The Morgan fingerprint density at radius 3 is 2.53 bits per heavy atom. The number of carbonyl (C=O) groups excluding carboxylic acids is 1. The van der Waals surface area contributed by atoms with Crippen LogP contribution in [0.4, 0.5) is 4.79 Å². The van der Waals surface area contributed by atoms with Gasteiger partial charge in [-0.1, -0.05) is 30.3 Å². The molecule has 1 aromatic rings. The molecule has 0 unspecified atom stereocenters. The molecule has 17 heavy (non-hydrogen) atoms. The molecule has 1 amide bonds. The predicted octanol–water partition coefficient (Wildman–Crippen LogP) is 1.73. The van der Waals surface area contributed by atoms with Crippen molar-refractivity contribution >= 4 is 12.1 Å². The molecular formula is C12H15NO4. The number of hydrogen-bond acceptors (Lipinski definition) is 3. The Balaban J connectivity index is 2.24. The summed E-state index contributed by atoms with van der Waals surface area (Å²) in [4.78, 5) is 22.8. The molecular weight excluding hydrogens is 222 g/mol. The Hall–Kier alpha value is -2.04. The molecule has 5 nitrogen and oxygen atoms in total. The third-order valence-corrected chi connectivity index (χ3v) is 2.22. The van der Waals surface area contributed by atoms with E-state index < -0.39 is 12.1 Å². The molecule has 0 fully saturated rings. The molecule has 0 radical (unpaired) electrons. The van der Waals surface area contributed by atoms with Gasteiger partial charge in [0.25, 0.3) is 0 Å². The van der Waals surface area contributed by atoms with E-state index in [1.54, 1.807) is 0 Å². The van der Waals surface area contributed by atoms with Gasteiger partial charge in [0.1, 0.15) is 6.61 Å². The zero-order chi connectivity index (χ0) is 12.7. The van der Waals surface area contributed by atoms with Crippen LogP contribution < -0.4 is 0 Å². The normalized spacial score (nSPS) is 9.71. The molecule has 0 atom stereocenters. The third kappa shape index (κ3) is 5.01. The van der Waals surface area contributed by atoms with Crippen molar-refractivity contribution in [1.29, 1.82) is 0 Å². The number of esters is 1. The van der Waals surface area contributed by atoms with Crippen molar-refractivity contribution in [3.05, 3.63) is 35.9 Å². The smallest absolute Gasteiger partial charge is 0.407 e. The van der Waals surface area contributed by atoms with Gasteiger partial charge < -0.3 is 14.7 Å². The van der Waals surface area contributed by atoms with E-state index in [1.165, 1.54) is 7.05 Å². The van der Waals surface area contributed by atoms with Crippen molar-refractivity contribution in [3.63, 3.8) is 0 Å². The van der Waals surface area contributed by atoms with Crippen molar-refractivity contribution in [2.24, 2.45) is 0 Å². The fourth-order valence-corrected chi connectivity index (χ4v) is 1.16. The van der Waals surface area contributed by atoms with E-state index in [1.807, 2.05) is 30.3 Å². The Morgan fingerprint density at radius 1 is 1.29 bits per heavy atom. The molecule has 0 heterocycles. The van der Waals surface area contributed by atoms with Crippen molar-refractivity contribution < 1.29 is 19.4 Å². The summed E-state index contributed by atoms with van der Waals surface area (Å²) in [6.45, 7) is 0.361. The number of carboxylic acid groups (broad SMARTS) is 1. The average Bonchev–Trinajstić information content (AvgIpc) is 2.34. The van der Waals surface area contributed by atoms with Crippen LogP contribution in [0.5, 0.6) is 0 Å². The van der Waals surface area contributed by atoms with Crippen LogP contribution in [-0.2, 0) is 16.1 Å². The van der Waals surface area contributed by atoms with E-state index in [0.717, 1.165) is 10.5 Å². The van der Waals surface area contributed by atoms with Crippen LogP contribution in [0.15, 0.2) is 30.3 Å². The Morgan fingerprint density at radius 2 is 1.94 bits per heavy atom. The molecule has 0 aliphatic carbocycles. The summed E-state index contributed by atoms with van der Waals surface area (Å²) in [5.41, 5.74) is 0.910. The van der Waals surface area contributed by atoms with E-state index in [-0.39, 0.29) is 19.6 Å². The molecule has 0 saturated heterocycles. The first-order valence-electron chi connectivity index (χ1n) is 5.23. The number of nitrogens with zero attached hydrogens (tertiary/aromatic N) is 1. The second-order valence-electron chi connectivity index (χ2n) is 3.60. The highest BCUT2D eigenvalue weighted by molar-refractivity contribution is 5.71. The zero-order valence-corrected chi connectivity index (χ0v) is 9.63. The minimum absolute atomic E-state index is 0.0651. The molecule has 1 N–H and O–H groups in total. The first-order valence-corrected chi connectivity index (χ1v) is 5.23. The maximum atomic E-state index is 11.3. The van der Waals surface area contributed by atoms with Gasteiger partial charge in [0.2, 0.25) is 0 Å². The van der Waals surface area contributed by atoms with Crippen LogP contribution in [0.25, 0.3) is 0 Å². The van der Waals surface area contributed by atoms with Gasteiger partial charge in [-0.05, 0) is 5.56 Å². The van der Waals surface area contributed by atoms with Gasteiger partial charge >= 0.3 is 12.1 Å². The van der Waals surface area contributed by atoms with Crippen LogP contribution >= 0.6 is 0 Å². The fourth-order valence-electron chi connectivity index (χ4n) is 1.16. The number of ether oxygens (including phenoxy) is 1. The van der Waals surface area contributed by atoms with E-state index in [2.05, 4.69) is 0 Å². The van der Waals surface area contributed by atoms with Gasteiger partial charge in [0.15, 0.2) is 0 Å². The number of hydrogen-bond donors (Lipinski definition) is 1. The summed E-state index contributed by atoms with van der Waals surface area (Å²) in [5, 5.41) is 8.58. The summed E-state index contributed by atoms with van der Waals surface area (Å²) < 4.78 is 5.00. The molecule has 0 aliphatic rings. The van der Waals surface area contributed by atoms with E-state index in [9.17, 15) is 9.59 Å². The van der Waals surface area contributed by atoms with Crippen molar-refractivity contribution in [3.8, 4) is 0 Å². The number of carbonyl (C=O) groups is 2. The largest absolute Gasteiger partial charge is 0.465 e. The molecule has 0 spiro atoms. The molecule has 1 aromatic carbocycles. The summed E-state index contributed by atoms with van der Waals surface area (Å²) in [5.74, 6) is -0.401. The molecule has 0 bridgehead atoms. The molecule has 0 saturated carbocycles. The Labute approximate surface area is 99.6 Å². The second-order valence-corrected chi connectivity index (χ2v) is 3.60. The van der Waals surface area contributed by atoms with Crippen molar-refractivity contribution in [2.45, 2.75) is 13.0 Å². The van der Waals surface area contributed by atoms with Gasteiger partial charge in [-0.15, -0.1) is 0 Å². The molecule has 92 valence electrons. The fraction of sp³-hybridized carbons (Fsp3) is 0.333. The topological polar surface area (TPSA) is 66.8 Å². The average molecular weight is 237 g/mol.